The number of hydrogen-bond donors (Lipinski definition) is 1. The predicted octanol–water partition coefficient (Wildman–Crippen LogP) is 1.92. The van der Waals surface area contributed by atoms with E-state index in [4.69, 9.17) is 15.0 Å². The van der Waals surface area contributed by atoms with Gasteiger partial charge in [-0.3, -0.25) is 14.0 Å². The first-order valence-corrected chi connectivity index (χ1v) is 11.3. The molecular weight excluding hydrogens is 381 g/mol. The molecule has 2 heterocycles. The van der Waals surface area contributed by atoms with Crippen molar-refractivity contribution in [1.82, 2.24) is 19.1 Å². The van der Waals surface area contributed by atoms with E-state index in [0.29, 0.717) is 13.1 Å². The molecule has 1 aromatic heterocycles. The van der Waals surface area contributed by atoms with Gasteiger partial charge in [-0.05, 0) is 34.9 Å². The fourth-order valence-electron chi connectivity index (χ4n) is 3.21. The monoisotopic (exact) mass is 415 g/mol. The molecule has 1 aliphatic heterocycles. The average molecular weight is 415 g/mol. The van der Waals surface area contributed by atoms with E-state index in [1.54, 1.807) is 31.9 Å². The van der Waals surface area contributed by atoms with Crippen molar-refractivity contribution in [2.24, 2.45) is 0 Å². The van der Waals surface area contributed by atoms with Crippen molar-refractivity contribution in [3.05, 3.63) is 22.2 Å². The lowest BCUT2D eigenvalue weighted by Gasteiger charge is -2.41. The summed E-state index contributed by atoms with van der Waals surface area (Å²) < 4.78 is 28.3. The Kier molecular flexibility index (Phi) is 7.44. The van der Waals surface area contributed by atoms with E-state index in [9.17, 15) is 9.36 Å². The molecule has 28 heavy (non-hydrogen) atoms. The number of anilines is 1. The van der Waals surface area contributed by atoms with E-state index in [1.807, 2.05) is 13.8 Å². The SMILES string of the molecule is Cc1cn([C@H]2CN(C(C)C)C[C@@H](COP(=O)(C(C)C)N(C)C)O2)c(=O)nc1N. The molecule has 0 aromatic carbocycles. The van der Waals surface area contributed by atoms with E-state index in [0.717, 1.165) is 5.56 Å². The van der Waals surface area contributed by atoms with Gasteiger partial charge < -0.3 is 15.0 Å². The van der Waals surface area contributed by atoms with Crippen LogP contribution in [0, 0.1) is 6.92 Å². The second-order valence-corrected chi connectivity index (χ2v) is 11.3. The van der Waals surface area contributed by atoms with Gasteiger partial charge in [-0.1, -0.05) is 13.8 Å². The van der Waals surface area contributed by atoms with Crippen molar-refractivity contribution in [3.8, 4) is 0 Å². The summed E-state index contributed by atoms with van der Waals surface area (Å²) in [6.07, 6.45) is 0.843. The highest BCUT2D eigenvalue weighted by Gasteiger charge is 2.35. The number of aromatic nitrogens is 2. The van der Waals surface area contributed by atoms with Gasteiger partial charge in [0.1, 0.15) is 5.82 Å². The molecule has 0 spiro atoms. The Balaban J connectivity index is 2.23. The lowest BCUT2D eigenvalue weighted by Crippen LogP contribution is -2.51. The first-order valence-electron chi connectivity index (χ1n) is 9.62. The molecule has 0 radical (unpaired) electrons. The van der Waals surface area contributed by atoms with Crippen molar-refractivity contribution in [1.29, 1.82) is 0 Å². The van der Waals surface area contributed by atoms with E-state index >= 15 is 0 Å². The molecule has 0 saturated carbocycles. The molecule has 1 aromatic rings. The van der Waals surface area contributed by atoms with Crippen LogP contribution in [-0.4, -0.2) is 70.7 Å². The Hall–Kier alpha value is -1.25. The molecule has 10 heteroatoms. The molecule has 1 unspecified atom stereocenters. The quantitative estimate of drug-likeness (QED) is 0.674. The summed E-state index contributed by atoms with van der Waals surface area (Å²) in [5.41, 5.74) is 5.89. The smallest absolute Gasteiger partial charge is 0.351 e. The fraction of sp³-hybridized carbons (Fsp3) is 0.778. The van der Waals surface area contributed by atoms with Crippen molar-refractivity contribution >= 4 is 13.3 Å². The molecule has 1 fully saturated rings. The normalized spacial score (nSPS) is 23.5. The molecule has 160 valence electrons. The van der Waals surface area contributed by atoms with Crippen LogP contribution in [0.25, 0.3) is 0 Å². The molecule has 1 saturated heterocycles. The van der Waals surface area contributed by atoms with Gasteiger partial charge in [-0.2, -0.15) is 4.98 Å². The van der Waals surface area contributed by atoms with Crippen LogP contribution in [-0.2, 0) is 13.8 Å². The summed E-state index contributed by atoms with van der Waals surface area (Å²) in [4.78, 5) is 18.5. The summed E-state index contributed by atoms with van der Waals surface area (Å²) in [5, 5.41) is 0. The van der Waals surface area contributed by atoms with Gasteiger partial charge in [0, 0.05) is 36.6 Å². The number of morpholine rings is 1. The largest absolute Gasteiger partial charge is 0.383 e. The molecule has 1 aliphatic rings. The zero-order chi connectivity index (χ0) is 21.2. The predicted molar refractivity (Wildman–Crippen MR) is 111 cm³/mol. The van der Waals surface area contributed by atoms with Crippen molar-refractivity contribution in [2.75, 3.05) is 39.5 Å². The minimum absolute atomic E-state index is 0.130. The van der Waals surface area contributed by atoms with Crippen LogP contribution in [0.2, 0.25) is 0 Å². The summed E-state index contributed by atoms with van der Waals surface area (Å²) in [6.45, 7) is 11.1. The zero-order valence-electron chi connectivity index (χ0n) is 18.0. The van der Waals surface area contributed by atoms with E-state index in [2.05, 4.69) is 23.7 Å². The number of nitrogens with two attached hydrogens (primary N) is 1. The van der Waals surface area contributed by atoms with Crippen molar-refractivity contribution < 1.29 is 13.8 Å². The Labute approximate surface area is 167 Å². The minimum atomic E-state index is -2.95. The molecule has 9 nitrogen and oxygen atoms in total. The Bertz CT molecular complexity index is 768. The zero-order valence-corrected chi connectivity index (χ0v) is 18.8. The van der Waals surface area contributed by atoms with Gasteiger partial charge >= 0.3 is 5.69 Å². The first kappa shape index (κ1) is 23.0. The van der Waals surface area contributed by atoms with E-state index in [-0.39, 0.29) is 30.2 Å². The lowest BCUT2D eigenvalue weighted by molar-refractivity contribution is -0.139. The van der Waals surface area contributed by atoms with Gasteiger partial charge in [-0.25, -0.2) is 9.46 Å². The highest BCUT2D eigenvalue weighted by Crippen LogP contribution is 2.53. The number of ether oxygens (including phenoxy) is 1. The molecule has 2 N–H and O–H groups in total. The molecule has 2 rings (SSSR count). The van der Waals surface area contributed by atoms with Crippen LogP contribution in [0.3, 0.4) is 0 Å². The summed E-state index contributed by atoms with van der Waals surface area (Å²) >= 11 is 0. The lowest BCUT2D eigenvalue weighted by atomic mass is 10.2. The summed E-state index contributed by atoms with van der Waals surface area (Å²) in [6, 6.07) is 0.262. The number of hydrogen-bond acceptors (Lipinski definition) is 7. The standard InChI is InChI=1S/C18H34N5O4P/c1-12(2)22-9-15(11-26-28(25,13(3)4)21(6)7)27-16(10-22)23-8-14(5)17(19)20-18(23)24/h8,12-13,15-16H,9-11H2,1-7H3,(H2,19,20,24)/t15-,16+,28?/m0/s1. The summed E-state index contributed by atoms with van der Waals surface area (Å²) in [5.74, 6) is 0.224. The van der Waals surface area contributed by atoms with Crippen LogP contribution in [0.15, 0.2) is 11.0 Å². The highest BCUT2D eigenvalue weighted by molar-refractivity contribution is 7.57. The Morgan fingerprint density at radius 3 is 2.54 bits per heavy atom. The maximum atomic E-state index is 13.1. The van der Waals surface area contributed by atoms with Crippen LogP contribution < -0.4 is 11.4 Å². The molecular formula is C18H34N5O4P. The maximum absolute atomic E-state index is 13.1. The van der Waals surface area contributed by atoms with Crippen LogP contribution in [0.5, 0.6) is 0 Å². The van der Waals surface area contributed by atoms with E-state index in [1.165, 1.54) is 4.57 Å². The molecule has 3 atom stereocenters. The van der Waals surface area contributed by atoms with Gasteiger partial charge in [-0.15, -0.1) is 0 Å². The van der Waals surface area contributed by atoms with Crippen LogP contribution in [0.1, 0.15) is 39.5 Å². The van der Waals surface area contributed by atoms with Crippen LogP contribution in [0.4, 0.5) is 5.82 Å². The van der Waals surface area contributed by atoms with Gasteiger partial charge in [0.2, 0.25) is 0 Å². The Morgan fingerprint density at radius 1 is 1.36 bits per heavy atom. The Morgan fingerprint density at radius 2 is 2.00 bits per heavy atom. The topological polar surface area (TPSA) is 103 Å². The fourth-order valence-corrected chi connectivity index (χ4v) is 5.05. The van der Waals surface area contributed by atoms with Crippen LogP contribution >= 0.6 is 7.52 Å². The highest BCUT2D eigenvalue weighted by atomic mass is 31.2. The molecule has 0 amide bonds. The second-order valence-electron chi connectivity index (χ2n) is 8.06. The van der Waals surface area contributed by atoms with Gasteiger partial charge in [0.15, 0.2) is 6.23 Å². The number of nitrogen functional groups attached to an aromatic ring is 1. The molecule has 0 aliphatic carbocycles. The minimum Gasteiger partial charge on any atom is -0.383 e. The second kappa shape index (κ2) is 9.05. The third-order valence-corrected chi connectivity index (χ3v) is 7.99. The van der Waals surface area contributed by atoms with Crippen molar-refractivity contribution in [3.63, 3.8) is 0 Å². The van der Waals surface area contributed by atoms with Crippen molar-refractivity contribution in [2.45, 2.75) is 58.7 Å². The third-order valence-electron chi connectivity index (χ3n) is 5.05. The van der Waals surface area contributed by atoms with E-state index < -0.39 is 19.4 Å². The molecule has 0 bridgehead atoms. The maximum Gasteiger partial charge on any atom is 0.351 e. The van der Waals surface area contributed by atoms with Gasteiger partial charge in [0.25, 0.3) is 7.52 Å². The summed E-state index contributed by atoms with van der Waals surface area (Å²) in [7, 11) is 0.565. The number of nitrogens with zero attached hydrogens (tertiary/aromatic N) is 4. The number of aryl methyl sites for hydroxylation is 1. The first-order chi connectivity index (χ1) is 13.0. The third kappa shape index (κ3) is 5.02. The average Bonchev–Trinajstić information content (AvgIpc) is 2.61. The van der Waals surface area contributed by atoms with Gasteiger partial charge in [0.05, 0.1) is 12.7 Å². The number of rotatable bonds is 7.